The topological polar surface area (TPSA) is 99.2 Å². The SMILES string of the molecule is C[C@@H]1CN([C@@H](C)CO)C(=O)c2cccc(NS(=O)(=O)c3ccc(Cl)cc3)c2O[C@@H]1CN(C)Cc1ccccc1. The van der Waals surface area contributed by atoms with Gasteiger partial charge < -0.3 is 14.7 Å². The fraction of sp³-hybridized carbons (Fsp3) is 0.345. The number of sulfonamides is 1. The van der Waals surface area contributed by atoms with Gasteiger partial charge in [-0.15, -0.1) is 0 Å². The Kier molecular flexibility index (Phi) is 9.17. The van der Waals surface area contributed by atoms with E-state index in [0.29, 0.717) is 24.7 Å². The van der Waals surface area contributed by atoms with Gasteiger partial charge in [-0.25, -0.2) is 8.42 Å². The maximum absolute atomic E-state index is 13.7. The fourth-order valence-corrected chi connectivity index (χ4v) is 5.81. The Morgan fingerprint density at radius 2 is 1.79 bits per heavy atom. The Balaban J connectivity index is 1.71. The average molecular weight is 572 g/mol. The predicted octanol–water partition coefficient (Wildman–Crippen LogP) is 4.49. The summed E-state index contributed by atoms with van der Waals surface area (Å²) in [6.07, 6.45) is -0.375. The molecule has 4 rings (SSSR count). The summed E-state index contributed by atoms with van der Waals surface area (Å²) in [5.41, 5.74) is 1.55. The van der Waals surface area contributed by atoms with Gasteiger partial charge in [0, 0.05) is 30.6 Å². The molecule has 1 amide bonds. The van der Waals surface area contributed by atoms with Crippen LogP contribution in [0, 0.1) is 5.92 Å². The van der Waals surface area contributed by atoms with Crippen molar-refractivity contribution in [3.63, 3.8) is 0 Å². The van der Waals surface area contributed by atoms with E-state index in [0.717, 1.165) is 5.56 Å². The highest BCUT2D eigenvalue weighted by Crippen LogP contribution is 2.36. The van der Waals surface area contributed by atoms with Crippen molar-refractivity contribution in [2.24, 2.45) is 5.92 Å². The summed E-state index contributed by atoms with van der Waals surface area (Å²) < 4.78 is 35.6. The molecular formula is C29H34ClN3O5S. The number of benzene rings is 3. The molecule has 1 heterocycles. The van der Waals surface area contributed by atoms with Gasteiger partial charge in [0.25, 0.3) is 15.9 Å². The number of anilines is 1. The van der Waals surface area contributed by atoms with E-state index in [1.807, 2.05) is 32.2 Å². The van der Waals surface area contributed by atoms with Gasteiger partial charge in [0.1, 0.15) is 6.10 Å². The lowest BCUT2D eigenvalue weighted by atomic mass is 9.99. The van der Waals surface area contributed by atoms with Crippen LogP contribution in [0.4, 0.5) is 5.69 Å². The summed E-state index contributed by atoms with van der Waals surface area (Å²) in [4.78, 5) is 17.5. The molecule has 0 aliphatic carbocycles. The number of nitrogens with one attached hydrogen (secondary N) is 1. The number of aliphatic hydroxyl groups is 1. The minimum atomic E-state index is -4.00. The number of hydrogen-bond acceptors (Lipinski definition) is 6. The molecule has 39 heavy (non-hydrogen) atoms. The molecule has 0 aromatic heterocycles. The number of ether oxygens (including phenoxy) is 1. The first-order valence-corrected chi connectivity index (χ1v) is 14.7. The predicted molar refractivity (Wildman–Crippen MR) is 153 cm³/mol. The van der Waals surface area contributed by atoms with E-state index in [2.05, 4.69) is 21.8 Å². The smallest absolute Gasteiger partial charge is 0.262 e. The molecule has 10 heteroatoms. The van der Waals surface area contributed by atoms with Crippen LogP contribution in [0.1, 0.15) is 29.8 Å². The zero-order valence-electron chi connectivity index (χ0n) is 22.2. The highest BCUT2D eigenvalue weighted by Gasteiger charge is 2.35. The molecule has 2 N–H and O–H groups in total. The highest BCUT2D eigenvalue weighted by molar-refractivity contribution is 7.92. The first kappa shape index (κ1) is 28.9. The number of para-hydroxylation sites is 1. The average Bonchev–Trinajstić information content (AvgIpc) is 2.91. The Labute approximate surface area is 235 Å². The zero-order valence-corrected chi connectivity index (χ0v) is 23.8. The largest absolute Gasteiger partial charge is 0.486 e. The summed E-state index contributed by atoms with van der Waals surface area (Å²) in [5.74, 6) is -0.280. The van der Waals surface area contributed by atoms with Crippen molar-refractivity contribution in [2.45, 2.75) is 37.4 Å². The number of halogens is 1. The third-order valence-corrected chi connectivity index (χ3v) is 8.48. The van der Waals surface area contributed by atoms with Crippen LogP contribution in [0.5, 0.6) is 5.75 Å². The Hall–Kier alpha value is -3.11. The van der Waals surface area contributed by atoms with E-state index in [1.165, 1.54) is 24.3 Å². The molecule has 0 saturated carbocycles. The van der Waals surface area contributed by atoms with Gasteiger partial charge in [-0.05, 0) is 55.9 Å². The molecule has 1 aliphatic rings. The van der Waals surface area contributed by atoms with E-state index in [9.17, 15) is 18.3 Å². The minimum Gasteiger partial charge on any atom is -0.486 e. The first-order valence-electron chi connectivity index (χ1n) is 12.8. The first-order chi connectivity index (χ1) is 18.6. The van der Waals surface area contributed by atoms with Crippen LogP contribution in [0.15, 0.2) is 77.7 Å². The molecule has 0 bridgehead atoms. The molecule has 3 aromatic rings. The number of carbonyl (C=O) groups is 1. The van der Waals surface area contributed by atoms with Crippen molar-refractivity contribution in [2.75, 3.05) is 31.5 Å². The maximum Gasteiger partial charge on any atom is 0.262 e. The second-order valence-electron chi connectivity index (χ2n) is 10.0. The summed E-state index contributed by atoms with van der Waals surface area (Å²) in [5, 5.41) is 10.3. The van der Waals surface area contributed by atoms with Gasteiger partial charge in [0.05, 0.1) is 28.8 Å². The van der Waals surface area contributed by atoms with E-state index >= 15 is 0 Å². The van der Waals surface area contributed by atoms with Gasteiger partial charge in [0.2, 0.25) is 0 Å². The summed E-state index contributed by atoms with van der Waals surface area (Å²) in [6.45, 7) is 5.19. The quantitative estimate of drug-likeness (QED) is 0.392. The lowest BCUT2D eigenvalue weighted by molar-refractivity contribution is 0.0344. The minimum absolute atomic E-state index is 0.0321. The molecule has 3 aromatic carbocycles. The Morgan fingerprint density at radius 1 is 1.10 bits per heavy atom. The normalized spacial score (nSPS) is 18.6. The number of carbonyl (C=O) groups excluding carboxylic acids is 1. The van der Waals surface area contributed by atoms with Crippen LogP contribution in [-0.4, -0.2) is 68.1 Å². The lowest BCUT2D eigenvalue weighted by Gasteiger charge is -2.38. The number of likely N-dealkylation sites (N-methyl/N-ethyl adjacent to an activating group) is 1. The molecule has 0 saturated heterocycles. The van der Waals surface area contributed by atoms with Crippen LogP contribution in [-0.2, 0) is 16.6 Å². The van der Waals surface area contributed by atoms with Crippen molar-refractivity contribution in [1.29, 1.82) is 0 Å². The van der Waals surface area contributed by atoms with Gasteiger partial charge in [-0.2, -0.15) is 0 Å². The number of amides is 1. The summed E-state index contributed by atoms with van der Waals surface area (Å²) in [7, 11) is -2.00. The van der Waals surface area contributed by atoms with E-state index in [1.54, 1.807) is 30.0 Å². The van der Waals surface area contributed by atoms with Crippen molar-refractivity contribution in [1.82, 2.24) is 9.80 Å². The van der Waals surface area contributed by atoms with Gasteiger partial charge in [-0.3, -0.25) is 14.4 Å². The van der Waals surface area contributed by atoms with Gasteiger partial charge >= 0.3 is 0 Å². The number of nitrogens with zero attached hydrogens (tertiary/aromatic N) is 2. The lowest BCUT2D eigenvalue weighted by Crippen LogP contribution is -2.49. The molecular weight excluding hydrogens is 538 g/mol. The number of hydrogen-bond donors (Lipinski definition) is 2. The van der Waals surface area contributed by atoms with Crippen LogP contribution in [0.2, 0.25) is 5.02 Å². The van der Waals surface area contributed by atoms with Crippen LogP contribution >= 0.6 is 11.6 Å². The van der Waals surface area contributed by atoms with Gasteiger partial charge in [0.15, 0.2) is 5.75 Å². The fourth-order valence-electron chi connectivity index (χ4n) is 4.63. The van der Waals surface area contributed by atoms with Crippen LogP contribution in [0.3, 0.4) is 0 Å². The van der Waals surface area contributed by atoms with Crippen LogP contribution in [0.25, 0.3) is 0 Å². The molecule has 8 nitrogen and oxygen atoms in total. The number of aliphatic hydroxyl groups excluding tert-OH is 1. The summed E-state index contributed by atoms with van der Waals surface area (Å²) >= 11 is 5.94. The van der Waals surface area contributed by atoms with Crippen molar-refractivity contribution in [3.05, 3.63) is 88.9 Å². The molecule has 1 aliphatic heterocycles. The monoisotopic (exact) mass is 571 g/mol. The Morgan fingerprint density at radius 3 is 2.46 bits per heavy atom. The van der Waals surface area contributed by atoms with Crippen molar-refractivity contribution in [3.8, 4) is 5.75 Å². The van der Waals surface area contributed by atoms with E-state index < -0.39 is 16.1 Å². The third kappa shape index (κ3) is 6.91. The third-order valence-electron chi connectivity index (χ3n) is 6.85. The second-order valence-corrected chi connectivity index (χ2v) is 12.2. The molecule has 208 valence electrons. The molecule has 0 radical (unpaired) electrons. The standard InChI is InChI=1S/C29H34ClN3O5S/c1-20-16-33(21(2)19-34)29(35)25-10-7-11-26(31-39(36,37)24-14-12-23(30)13-15-24)28(25)38-27(20)18-32(3)17-22-8-5-4-6-9-22/h4-15,20-21,27,31,34H,16-19H2,1-3H3/t20-,21+,27-/m1/s1. The number of fused-ring (bicyclic) bond motifs is 1. The van der Waals surface area contributed by atoms with Crippen molar-refractivity contribution < 1.29 is 23.1 Å². The second kappa shape index (κ2) is 12.4. The molecule has 3 atom stereocenters. The van der Waals surface area contributed by atoms with Crippen LogP contribution < -0.4 is 9.46 Å². The zero-order chi connectivity index (χ0) is 28.2. The van der Waals surface area contributed by atoms with Crippen molar-refractivity contribution >= 4 is 33.2 Å². The Bertz CT molecular complexity index is 1390. The number of rotatable bonds is 9. The summed E-state index contributed by atoms with van der Waals surface area (Å²) in [6, 6.07) is 20.3. The highest BCUT2D eigenvalue weighted by atomic mass is 35.5. The molecule has 0 unspecified atom stereocenters. The van der Waals surface area contributed by atoms with E-state index in [-0.39, 0.29) is 46.4 Å². The molecule has 0 spiro atoms. The van der Waals surface area contributed by atoms with E-state index in [4.69, 9.17) is 16.3 Å². The molecule has 0 fully saturated rings. The van der Waals surface area contributed by atoms with Gasteiger partial charge in [-0.1, -0.05) is 54.9 Å². The maximum atomic E-state index is 13.7.